The molecular weight excluding hydrogens is 327 g/mol. The number of halogens is 1. The summed E-state index contributed by atoms with van der Waals surface area (Å²) in [6.07, 6.45) is 0. The summed E-state index contributed by atoms with van der Waals surface area (Å²) in [5.74, 6) is -0.635. The fraction of sp³-hybridized carbons (Fsp3) is 0.176. The molecule has 7 nitrogen and oxygen atoms in total. The molecule has 0 aromatic heterocycles. The van der Waals surface area contributed by atoms with Gasteiger partial charge in [-0.15, -0.1) is 0 Å². The summed E-state index contributed by atoms with van der Waals surface area (Å²) < 4.78 is 18.2. The smallest absolute Gasteiger partial charge is 0.263 e. The molecule has 8 heteroatoms. The minimum atomic E-state index is -0.903. The van der Waals surface area contributed by atoms with E-state index in [0.29, 0.717) is 17.1 Å². The zero-order valence-electron chi connectivity index (χ0n) is 13.2. The van der Waals surface area contributed by atoms with E-state index in [9.17, 15) is 14.0 Å². The molecule has 2 heterocycles. The van der Waals surface area contributed by atoms with Crippen LogP contribution in [0.15, 0.2) is 58.9 Å². The molecule has 2 aromatic rings. The fourth-order valence-electron chi connectivity index (χ4n) is 2.95. The van der Waals surface area contributed by atoms with Gasteiger partial charge in [-0.3, -0.25) is 9.59 Å². The average molecular weight is 340 g/mol. The lowest BCUT2D eigenvalue weighted by Gasteiger charge is -2.20. The van der Waals surface area contributed by atoms with E-state index in [1.807, 2.05) is 0 Å². The van der Waals surface area contributed by atoms with Crippen LogP contribution in [0.2, 0.25) is 0 Å². The van der Waals surface area contributed by atoms with Gasteiger partial charge in [0, 0.05) is 0 Å². The maximum atomic E-state index is 13.1. The third-order valence-corrected chi connectivity index (χ3v) is 4.20. The minimum Gasteiger partial charge on any atom is -0.497 e. The molecule has 0 unspecified atom stereocenters. The summed E-state index contributed by atoms with van der Waals surface area (Å²) in [7, 11) is 1.53. The number of methoxy groups -OCH3 is 1. The standard InChI is InChI=1S/C17H13FN4O3/c1-25-13-8-6-11(7-9-13)21-16(23)14-15(17(21)24)22(20-19-14)12-4-2-10(18)3-5-12/h2-9,14-15H,1H3/t14-,15+/m0/s1. The first-order chi connectivity index (χ1) is 12.1. The van der Waals surface area contributed by atoms with Gasteiger partial charge in [-0.1, -0.05) is 5.22 Å². The maximum Gasteiger partial charge on any atom is 0.263 e. The molecule has 0 saturated carbocycles. The second-order valence-electron chi connectivity index (χ2n) is 5.63. The quantitative estimate of drug-likeness (QED) is 0.804. The van der Waals surface area contributed by atoms with Gasteiger partial charge in [0.2, 0.25) is 0 Å². The van der Waals surface area contributed by atoms with Crippen LogP contribution in [0.3, 0.4) is 0 Å². The van der Waals surface area contributed by atoms with Gasteiger partial charge in [0.15, 0.2) is 12.1 Å². The molecule has 4 rings (SSSR count). The van der Waals surface area contributed by atoms with Crippen molar-refractivity contribution in [1.29, 1.82) is 0 Å². The Bertz CT molecular complexity index is 866. The second kappa shape index (κ2) is 5.66. The number of ether oxygens (including phenoxy) is 1. The van der Waals surface area contributed by atoms with E-state index in [2.05, 4.69) is 10.3 Å². The first-order valence-corrected chi connectivity index (χ1v) is 7.57. The Hall–Kier alpha value is -3.29. The number of fused-ring (bicyclic) bond motifs is 1. The lowest BCUT2D eigenvalue weighted by Crippen LogP contribution is -2.39. The van der Waals surface area contributed by atoms with Gasteiger partial charge >= 0.3 is 0 Å². The summed E-state index contributed by atoms with van der Waals surface area (Å²) in [5.41, 5.74) is 0.940. The molecule has 25 heavy (non-hydrogen) atoms. The number of nitrogens with zero attached hydrogens (tertiary/aromatic N) is 4. The summed E-state index contributed by atoms with van der Waals surface area (Å²) >= 11 is 0. The second-order valence-corrected chi connectivity index (χ2v) is 5.63. The van der Waals surface area contributed by atoms with Crippen LogP contribution in [0.1, 0.15) is 0 Å². The molecule has 2 amide bonds. The molecule has 126 valence electrons. The van der Waals surface area contributed by atoms with Crippen LogP contribution < -0.4 is 14.6 Å². The van der Waals surface area contributed by atoms with E-state index < -0.39 is 29.7 Å². The highest BCUT2D eigenvalue weighted by Gasteiger charge is 2.55. The van der Waals surface area contributed by atoms with Gasteiger partial charge in [-0.25, -0.2) is 14.3 Å². The predicted octanol–water partition coefficient (Wildman–Crippen LogP) is 2.33. The molecular formula is C17H13FN4O3. The van der Waals surface area contributed by atoms with Crippen molar-refractivity contribution in [3.8, 4) is 5.75 Å². The van der Waals surface area contributed by atoms with E-state index >= 15 is 0 Å². The highest BCUT2D eigenvalue weighted by atomic mass is 19.1. The third kappa shape index (κ3) is 2.34. The number of rotatable bonds is 3. The number of carbonyl (C=O) groups is 2. The number of anilines is 2. The van der Waals surface area contributed by atoms with E-state index in [1.54, 1.807) is 24.3 Å². The molecule has 2 aliphatic rings. The summed E-state index contributed by atoms with van der Waals surface area (Å²) in [5, 5.41) is 9.22. The molecule has 2 aromatic carbocycles. The van der Waals surface area contributed by atoms with Crippen LogP contribution in [-0.2, 0) is 9.59 Å². The number of carbonyl (C=O) groups excluding carboxylic acids is 2. The molecule has 0 radical (unpaired) electrons. The van der Waals surface area contributed by atoms with Gasteiger partial charge in [0.1, 0.15) is 11.6 Å². The Morgan fingerprint density at radius 1 is 0.960 bits per heavy atom. The van der Waals surface area contributed by atoms with E-state index in [-0.39, 0.29) is 0 Å². The maximum absolute atomic E-state index is 13.1. The number of amides is 2. The minimum absolute atomic E-state index is 0.398. The Kier molecular flexibility index (Phi) is 3.45. The lowest BCUT2D eigenvalue weighted by molar-refractivity contribution is -0.121. The van der Waals surface area contributed by atoms with Crippen molar-refractivity contribution in [2.75, 3.05) is 17.0 Å². The Balaban J connectivity index is 1.66. The largest absolute Gasteiger partial charge is 0.497 e. The van der Waals surface area contributed by atoms with Crippen LogP contribution in [0.25, 0.3) is 0 Å². The monoisotopic (exact) mass is 340 g/mol. The zero-order chi connectivity index (χ0) is 17.6. The van der Waals surface area contributed by atoms with Gasteiger partial charge in [0.05, 0.1) is 18.5 Å². The molecule has 1 fully saturated rings. The molecule has 0 aliphatic carbocycles. The number of imide groups is 1. The van der Waals surface area contributed by atoms with Crippen LogP contribution in [0.4, 0.5) is 15.8 Å². The molecule has 0 N–H and O–H groups in total. The zero-order valence-corrected chi connectivity index (χ0v) is 13.2. The summed E-state index contributed by atoms with van der Waals surface area (Å²) in [6.45, 7) is 0. The van der Waals surface area contributed by atoms with Crippen molar-refractivity contribution in [3.63, 3.8) is 0 Å². The van der Waals surface area contributed by atoms with Gasteiger partial charge in [-0.05, 0) is 48.5 Å². The molecule has 0 spiro atoms. The fourth-order valence-corrected chi connectivity index (χ4v) is 2.95. The molecule has 2 aliphatic heterocycles. The lowest BCUT2D eigenvalue weighted by atomic mass is 10.1. The normalized spacial score (nSPS) is 21.8. The first-order valence-electron chi connectivity index (χ1n) is 7.57. The van der Waals surface area contributed by atoms with Crippen molar-refractivity contribution in [2.24, 2.45) is 10.3 Å². The van der Waals surface area contributed by atoms with Crippen LogP contribution in [-0.4, -0.2) is 31.0 Å². The topological polar surface area (TPSA) is 74.6 Å². The van der Waals surface area contributed by atoms with E-state index in [1.165, 1.54) is 36.4 Å². The van der Waals surface area contributed by atoms with Gasteiger partial charge in [0.25, 0.3) is 11.8 Å². The third-order valence-electron chi connectivity index (χ3n) is 4.20. The molecule has 0 bridgehead atoms. The van der Waals surface area contributed by atoms with Crippen LogP contribution in [0, 0.1) is 5.82 Å². The first kappa shape index (κ1) is 15.3. The van der Waals surface area contributed by atoms with E-state index in [4.69, 9.17) is 4.74 Å². The summed E-state index contributed by atoms with van der Waals surface area (Å²) in [6, 6.07) is 10.4. The van der Waals surface area contributed by atoms with Gasteiger partial charge < -0.3 is 4.74 Å². The van der Waals surface area contributed by atoms with Crippen molar-refractivity contribution in [2.45, 2.75) is 12.1 Å². The highest BCUT2D eigenvalue weighted by Crippen LogP contribution is 2.35. The molecule has 1 saturated heterocycles. The molecule has 2 atom stereocenters. The van der Waals surface area contributed by atoms with Crippen LogP contribution in [0.5, 0.6) is 5.75 Å². The Morgan fingerprint density at radius 2 is 1.60 bits per heavy atom. The van der Waals surface area contributed by atoms with E-state index in [0.717, 1.165) is 4.90 Å². The van der Waals surface area contributed by atoms with Crippen molar-refractivity contribution in [3.05, 3.63) is 54.3 Å². The Labute approximate surface area is 142 Å². The number of hydrogen-bond donors (Lipinski definition) is 0. The highest BCUT2D eigenvalue weighted by molar-refractivity contribution is 6.26. The SMILES string of the molecule is COc1ccc(N2C(=O)[C@H]3N=NN(c4ccc(F)cc4)[C@H]3C2=O)cc1. The predicted molar refractivity (Wildman–Crippen MR) is 86.8 cm³/mol. The Morgan fingerprint density at radius 3 is 2.24 bits per heavy atom. The summed E-state index contributed by atoms with van der Waals surface area (Å²) in [4.78, 5) is 26.6. The van der Waals surface area contributed by atoms with Crippen molar-refractivity contribution in [1.82, 2.24) is 0 Å². The van der Waals surface area contributed by atoms with Crippen molar-refractivity contribution >= 4 is 23.2 Å². The van der Waals surface area contributed by atoms with Crippen molar-refractivity contribution < 1.29 is 18.7 Å². The van der Waals surface area contributed by atoms with Gasteiger partial charge in [-0.2, -0.15) is 5.11 Å². The number of hydrogen-bond acceptors (Lipinski definition) is 6. The average Bonchev–Trinajstić information content (AvgIpc) is 3.17. The van der Waals surface area contributed by atoms with Crippen LogP contribution >= 0.6 is 0 Å². The number of benzene rings is 2.